The van der Waals surface area contributed by atoms with Crippen molar-refractivity contribution in [1.29, 1.82) is 0 Å². The van der Waals surface area contributed by atoms with Crippen molar-refractivity contribution in [3.8, 4) is 11.4 Å². The maximum Gasteiger partial charge on any atom is 0.244 e. The van der Waals surface area contributed by atoms with Gasteiger partial charge in [0.15, 0.2) is 6.39 Å². The summed E-state index contributed by atoms with van der Waals surface area (Å²) in [5, 5.41) is 9.13. The molecule has 0 saturated carbocycles. The Morgan fingerprint density at radius 1 is 1.29 bits per heavy atom. The summed E-state index contributed by atoms with van der Waals surface area (Å²) in [4.78, 5) is 19.0. The molecule has 0 bridgehead atoms. The molecule has 0 unspecified atom stereocenters. The second-order valence-electron chi connectivity index (χ2n) is 7.01. The van der Waals surface area contributed by atoms with E-state index in [1.807, 2.05) is 29.5 Å². The molecule has 0 atom stereocenters. The van der Waals surface area contributed by atoms with Crippen LogP contribution >= 0.6 is 0 Å². The van der Waals surface area contributed by atoms with Crippen molar-refractivity contribution < 1.29 is 13.9 Å². The van der Waals surface area contributed by atoms with E-state index in [4.69, 9.17) is 14.3 Å². The van der Waals surface area contributed by atoms with Crippen LogP contribution in [0.15, 0.2) is 23.1 Å². The van der Waals surface area contributed by atoms with Gasteiger partial charge in [0.25, 0.3) is 0 Å². The van der Waals surface area contributed by atoms with Gasteiger partial charge in [0.1, 0.15) is 24.2 Å². The summed E-state index contributed by atoms with van der Waals surface area (Å²) >= 11 is 0. The van der Waals surface area contributed by atoms with Gasteiger partial charge in [-0.05, 0) is 19.9 Å². The number of aryl methyl sites for hydroxylation is 2. The lowest BCUT2D eigenvalue weighted by molar-refractivity contribution is -0.133. The predicted octanol–water partition coefficient (Wildman–Crippen LogP) is 1.58. The Morgan fingerprint density at radius 2 is 2.14 bits per heavy atom. The van der Waals surface area contributed by atoms with E-state index >= 15 is 0 Å². The van der Waals surface area contributed by atoms with E-state index < -0.39 is 0 Å². The number of carbonyl (C=O) groups excluding carboxylic acids is 1. The maximum absolute atomic E-state index is 12.9. The molecule has 0 N–H and O–H groups in total. The van der Waals surface area contributed by atoms with Gasteiger partial charge < -0.3 is 14.1 Å². The number of amides is 1. The fourth-order valence-electron chi connectivity index (χ4n) is 3.66. The van der Waals surface area contributed by atoms with Crippen LogP contribution in [-0.2, 0) is 35.6 Å². The Hall–Kier alpha value is -2.94. The Labute approximate surface area is 162 Å². The van der Waals surface area contributed by atoms with E-state index in [1.54, 1.807) is 18.1 Å². The standard InChI is InChI=1S/C19H24N6O3/c1-13-8-14(2)25(21-13)10-18(26)23-5-4-17-15(9-23)19(16-11-28-12-20-16)22-24(17)6-7-27-3/h8,11-12H,4-7,9-10H2,1-3H3. The van der Waals surface area contributed by atoms with E-state index in [1.165, 1.54) is 6.39 Å². The van der Waals surface area contributed by atoms with Crippen LogP contribution in [0.5, 0.6) is 0 Å². The fraction of sp³-hybridized carbons (Fsp3) is 0.474. The minimum atomic E-state index is 0.0487. The van der Waals surface area contributed by atoms with Crippen LogP contribution < -0.4 is 0 Å². The summed E-state index contributed by atoms with van der Waals surface area (Å²) in [6.07, 6.45) is 3.72. The molecule has 148 valence electrons. The van der Waals surface area contributed by atoms with Crippen LogP contribution in [0.4, 0.5) is 0 Å². The molecular weight excluding hydrogens is 360 g/mol. The van der Waals surface area contributed by atoms with Gasteiger partial charge in [-0.1, -0.05) is 0 Å². The van der Waals surface area contributed by atoms with Crippen molar-refractivity contribution in [1.82, 2.24) is 29.4 Å². The molecule has 0 aromatic carbocycles. The lowest BCUT2D eigenvalue weighted by Crippen LogP contribution is -2.38. The smallest absolute Gasteiger partial charge is 0.244 e. The predicted molar refractivity (Wildman–Crippen MR) is 100 cm³/mol. The molecule has 9 heteroatoms. The number of fused-ring (bicyclic) bond motifs is 1. The van der Waals surface area contributed by atoms with Gasteiger partial charge >= 0.3 is 0 Å². The molecule has 9 nitrogen and oxygen atoms in total. The number of ether oxygens (including phenoxy) is 1. The minimum Gasteiger partial charge on any atom is -0.451 e. The van der Waals surface area contributed by atoms with Crippen LogP contribution in [0, 0.1) is 13.8 Å². The lowest BCUT2D eigenvalue weighted by Gasteiger charge is -2.28. The summed E-state index contributed by atoms with van der Waals surface area (Å²) in [5.41, 5.74) is 5.50. The van der Waals surface area contributed by atoms with E-state index in [-0.39, 0.29) is 12.5 Å². The Balaban J connectivity index is 1.59. The van der Waals surface area contributed by atoms with Gasteiger partial charge in [-0.25, -0.2) is 4.98 Å². The van der Waals surface area contributed by atoms with Crippen molar-refractivity contribution in [2.75, 3.05) is 20.3 Å². The highest BCUT2D eigenvalue weighted by Crippen LogP contribution is 2.29. The number of hydrogen-bond acceptors (Lipinski definition) is 6. The van der Waals surface area contributed by atoms with Gasteiger partial charge in [-0.15, -0.1) is 0 Å². The molecule has 3 aromatic heterocycles. The summed E-state index contributed by atoms with van der Waals surface area (Å²) in [6.45, 7) is 6.53. The minimum absolute atomic E-state index is 0.0487. The summed E-state index contributed by atoms with van der Waals surface area (Å²) < 4.78 is 14.1. The van der Waals surface area contributed by atoms with Crippen molar-refractivity contribution >= 4 is 5.91 Å². The molecule has 1 amide bonds. The van der Waals surface area contributed by atoms with Gasteiger partial charge in [0.2, 0.25) is 5.91 Å². The maximum atomic E-state index is 12.9. The molecule has 3 aromatic rings. The third kappa shape index (κ3) is 3.45. The zero-order valence-electron chi connectivity index (χ0n) is 16.4. The SMILES string of the molecule is COCCn1nc(-c2cocn2)c2c1CCN(C(=O)Cn1nc(C)cc1C)C2. The first kappa shape index (κ1) is 18.4. The molecule has 28 heavy (non-hydrogen) atoms. The second kappa shape index (κ2) is 7.59. The normalized spacial score (nSPS) is 13.8. The monoisotopic (exact) mass is 384 g/mol. The Kier molecular flexibility index (Phi) is 4.99. The summed E-state index contributed by atoms with van der Waals surface area (Å²) in [6, 6.07) is 1.98. The van der Waals surface area contributed by atoms with Crippen LogP contribution in [-0.4, -0.2) is 55.6 Å². The highest BCUT2D eigenvalue weighted by Gasteiger charge is 2.29. The van der Waals surface area contributed by atoms with Crippen LogP contribution in [0.1, 0.15) is 22.6 Å². The van der Waals surface area contributed by atoms with Gasteiger partial charge in [0, 0.05) is 43.6 Å². The quantitative estimate of drug-likeness (QED) is 0.641. The van der Waals surface area contributed by atoms with Crippen molar-refractivity contribution in [3.05, 3.63) is 41.4 Å². The van der Waals surface area contributed by atoms with E-state index in [0.717, 1.165) is 34.8 Å². The molecule has 0 fully saturated rings. The van der Waals surface area contributed by atoms with Crippen molar-refractivity contribution in [2.24, 2.45) is 0 Å². The van der Waals surface area contributed by atoms with E-state index in [0.29, 0.717) is 31.9 Å². The molecule has 1 aliphatic rings. The number of aromatic nitrogens is 5. The van der Waals surface area contributed by atoms with E-state index in [9.17, 15) is 4.79 Å². The average molecular weight is 384 g/mol. The van der Waals surface area contributed by atoms with Crippen LogP contribution in [0.2, 0.25) is 0 Å². The highest BCUT2D eigenvalue weighted by molar-refractivity contribution is 5.77. The number of carbonyl (C=O) groups is 1. The molecule has 4 heterocycles. The highest BCUT2D eigenvalue weighted by atomic mass is 16.5. The first-order chi connectivity index (χ1) is 13.6. The van der Waals surface area contributed by atoms with Gasteiger partial charge in [0.05, 0.1) is 18.8 Å². The summed E-state index contributed by atoms with van der Waals surface area (Å²) in [5.74, 6) is 0.0487. The fourth-order valence-corrected chi connectivity index (χ4v) is 3.66. The van der Waals surface area contributed by atoms with Crippen LogP contribution in [0.3, 0.4) is 0 Å². The van der Waals surface area contributed by atoms with Gasteiger partial charge in [-0.3, -0.25) is 14.2 Å². The lowest BCUT2D eigenvalue weighted by atomic mass is 10.0. The molecule has 1 aliphatic heterocycles. The average Bonchev–Trinajstić information content (AvgIpc) is 3.39. The molecule has 0 aliphatic carbocycles. The zero-order chi connectivity index (χ0) is 19.7. The van der Waals surface area contributed by atoms with Gasteiger partial charge in [-0.2, -0.15) is 10.2 Å². The number of nitrogens with zero attached hydrogens (tertiary/aromatic N) is 6. The number of hydrogen-bond donors (Lipinski definition) is 0. The number of methoxy groups -OCH3 is 1. The molecular formula is C19H24N6O3. The Morgan fingerprint density at radius 3 is 2.82 bits per heavy atom. The molecule has 4 rings (SSSR count). The number of rotatable bonds is 6. The summed E-state index contributed by atoms with van der Waals surface area (Å²) in [7, 11) is 1.67. The molecule has 0 radical (unpaired) electrons. The Bertz CT molecular complexity index is 972. The van der Waals surface area contributed by atoms with Crippen molar-refractivity contribution in [2.45, 2.75) is 39.9 Å². The van der Waals surface area contributed by atoms with Crippen LogP contribution in [0.25, 0.3) is 11.4 Å². The second-order valence-corrected chi connectivity index (χ2v) is 7.01. The third-order valence-electron chi connectivity index (χ3n) is 5.06. The molecule has 0 saturated heterocycles. The first-order valence-electron chi connectivity index (χ1n) is 9.31. The van der Waals surface area contributed by atoms with Crippen molar-refractivity contribution in [3.63, 3.8) is 0 Å². The first-order valence-corrected chi connectivity index (χ1v) is 9.31. The zero-order valence-corrected chi connectivity index (χ0v) is 16.4. The topological polar surface area (TPSA) is 91.2 Å². The third-order valence-corrected chi connectivity index (χ3v) is 5.06. The molecule has 0 spiro atoms. The number of oxazole rings is 1. The van der Waals surface area contributed by atoms with E-state index in [2.05, 4.69) is 10.1 Å². The largest absolute Gasteiger partial charge is 0.451 e.